The SMILES string of the molecule is CN1CCCC1c1ncc2cc(Cl)ccn12. The molecule has 3 rings (SSSR count). The number of hydrogen-bond acceptors (Lipinski definition) is 2. The summed E-state index contributed by atoms with van der Waals surface area (Å²) in [7, 11) is 2.16. The zero-order valence-electron chi connectivity index (χ0n) is 9.23. The van der Waals surface area contributed by atoms with Crippen molar-refractivity contribution in [1.29, 1.82) is 0 Å². The Morgan fingerprint density at radius 1 is 1.50 bits per heavy atom. The molecule has 1 unspecified atom stereocenters. The van der Waals surface area contributed by atoms with E-state index in [-0.39, 0.29) is 0 Å². The van der Waals surface area contributed by atoms with Crippen LogP contribution in [0.4, 0.5) is 0 Å². The van der Waals surface area contributed by atoms with Crippen LogP contribution in [0.25, 0.3) is 5.52 Å². The van der Waals surface area contributed by atoms with Gasteiger partial charge in [0, 0.05) is 11.2 Å². The van der Waals surface area contributed by atoms with Crippen molar-refractivity contribution in [3.05, 3.63) is 35.4 Å². The smallest absolute Gasteiger partial charge is 0.130 e. The summed E-state index contributed by atoms with van der Waals surface area (Å²) < 4.78 is 2.14. The topological polar surface area (TPSA) is 20.5 Å². The van der Waals surface area contributed by atoms with Crippen LogP contribution < -0.4 is 0 Å². The van der Waals surface area contributed by atoms with Gasteiger partial charge >= 0.3 is 0 Å². The molecular formula is C12H14ClN3. The average Bonchev–Trinajstić information content (AvgIpc) is 2.83. The lowest BCUT2D eigenvalue weighted by atomic mass is 10.2. The molecule has 0 radical (unpaired) electrons. The molecule has 0 saturated carbocycles. The monoisotopic (exact) mass is 235 g/mol. The van der Waals surface area contributed by atoms with Gasteiger partial charge in [0.15, 0.2) is 0 Å². The minimum absolute atomic E-state index is 0.448. The molecule has 84 valence electrons. The third-order valence-corrected chi connectivity index (χ3v) is 3.58. The molecule has 2 aromatic rings. The summed E-state index contributed by atoms with van der Waals surface area (Å²) in [5.41, 5.74) is 1.07. The van der Waals surface area contributed by atoms with Crippen LogP contribution in [0, 0.1) is 0 Å². The van der Waals surface area contributed by atoms with E-state index in [1.165, 1.54) is 12.8 Å². The van der Waals surface area contributed by atoms with Crippen molar-refractivity contribution >= 4 is 17.1 Å². The highest BCUT2D eigenvalue weighted by Gasteiger charge is 2.25. The molecule has 3 nitrogen and oxygen atoms in total. The van der Waals surface area contributed by atoms with Crippen LogP contribution in [0.15, 0.2) is 24.5 Å². The zero-order chi connectivity index (χ0) is 11.1. The summed E-state index contributed by atoms with van der Waals surface area (Å²) in [5.74, 6) is 1.13. The Morgan fingerprint density at radius 2 is 2.38 bits per heavy atom. The maximum atomic E-state index is 5.96. The molecule has 4 heteroatoms. The van der Waals surface area contributed by atoms with Gasteiger partial charge in [0.2, 0.25) is 0 Å². The molecule has 0 aromatic carbocycles. The van der Waals surface area contributed by atoms with E-state index in [9.17, 15) is 0 Å². The average molecular weight is 236 g/mol. The number of likely N-dealkylation sites (tertiary alicyclic amines) is 1. The maximum absolute atomic E-state index is 5.96. The Labute approximate surface area is 99.7 Å². The van der Waals surface area contributed by atoms with Crippen LogP contribution in [0.5, 0.6) is 0 Å². The number of rotatable bonds is 1. The summed E-state index contributed by atoms with van der Waals surface area (Å²) in [4.78, 5) is 6.90. The van der Waals surface area contributed by atoms with Gasteiger partial charge < -0.3 is 4.40 Å². The fourth-order valence-corrected chi connectivity index (χ4v) is 2.64. The van der Waals surface area contributed by atoms with Gasteiger partial charge in [-0.25, -0.2) is 4.98 Å². The van der Waals surface area contributed by atoms with Gasteiger partial charge in [0.25, 0.3) is 0 Å². The van der Waals surface area contributed by atoms with Crippen molar-refractivity contribution in [3.8, 4) is 0 Å². The second-order valence-corrected chi connectivity index (χ2v) is 4.83. The highest BCUT2D eigenvalue weighted by molar-refractivity contribution is 6.30. The van der Waals surface area contributed by atoms with Crippen LogP contribution in [-0.2, 0) is 0 Å². The van der Waals surface area contributed by atoms with E-state index in [0.29, 0.717) is 6.04 Å². The van der Waals surface area contributed by atoms with Crippen molar-refractivity contribution in [2.75, 3.05) is 13.6 Å². The molecule has 0 amide bonds. The molecule has 1 fully saturated rings. The first kappa shape index (κ1) is 10.1. The molecule has 2 aromatic heterocycles. The summed E-state index contributed by atoms with van der Waals surface area (Å²) in [5, 5.41) is 0.763. The second kappa shape index (κ2) is 3.75. The molecule has 1 aliphatic rings. The largest absolute Gasteiger partial charge is 0.302 e. The number of nitrogens with zero attached hydrogens (tertiary/aromatic N) is 3. The van der Waals surface area contributed by atoms with E-state index in [4.69, 9.17) is 11.6 Å². The van der Waals surface area contributed by atoms with Crippen LogP contribution in [0.3, 0.4) is 0 Å². The third kappa shape index (κ3) is 1.51. The molecule has 1 atom stereocenters. The summed E-state index contributed by atoms with van der Waals surface area (Å²) in [6.07, 6.45) is 6.35. The van der Waals surface area contributed by atoms with Gasteiger partial charge in [-0.2, -0.15) is 0 Å². The first-order valence-electron chi connectivity index (χ1n) is 5.58. The Balaban J connectivity index is 2.10. The van der Waals surface area contributed by atoms with Crippen molar-refractivity contribution in [2.45, 2.75) is 18.9 Å². The number of pyridine rings is 1. The fourth-order valence-electron chi connectivity index (χ4n) is 2.48. The van der Waals surface area contributed by atoms with Crippen LogP contribution in [0.2, 0.25) is 5.02 Å². The van der Waals surface area contributed by atoms with Gasteiger partial charge in [-0.05, 0) is 38.6 Å². The lowest BCUT2D eigenvalue weighted by Gasteiger charge is -2.18. The Hall–Kier alpha value is -1.06. The summed E-state index contributed by atoms with van der Waals surface area (Å²) >= 11 is 5.96. The predicted molar refractivity (Wildman–Crippen MR) is 64.8 cm³/mol. The quantitative estimate of drug-likeness (QED) is 0.758. The number of fused-ring (bicyclic) bond motifs is 1. The van der Waals surface area contributed by atoms with Crippen LogP contribution in [0.1, 0.15) is 24.7 Å². The second-order valence-electron chi connectivity index (χ2n) is 4.39. The van der Waals surface area contributed by atoms with Gasteiger partial charge in [-0.3, -0.25) is 4.90 Å². The molecule has 0 N–H and O–H groups in total. The van der Waals surface area contributed by atoms with Crippen LogP contribution in [-0.4, -0.2) is 27.9 Å². The van der Waals surface area contributed by atoms with Crippen molar-refractivity contribution in [1.82, 2.24) is 14.3 Å². The number of hydrogen-bond donors (Lipinski definition) is 0. The highest BCUT2D eigenvalue weighted by Crippen LogP contribution is 2.30. The Morgan fingerprint density at radius 3 is 3.12 bits per heavy atom. The minimum Gasteiger partial charge on any atom is -0.302 e. The first-order chi connectivity index (χ1) is 7.75. The van der Waals surface area contributed by atoms with Gasteiger partial charge in [0.05, 0.1) is 17.8 Å². The predicted octanol–water partition coefficient (Wildman–Crippen LogP) is 2.75. The van der Waals surface area contributed by atoms with E-state index in [2.05, 4.69) is 21.3 Å². The molecule has 0 aliphatic carbocycles. The van der Waals surface area contributed by atoms with Gasteiger partial charge in [-0.1, -0.05) is 11.6 Å². The molecule has 16 heavy (non-hydrogen) atoms. The fraction of sp³-hybridized carbons (Fsp3) is 0.417. The molecule has 0 bridgehead atoms. The minimum atomic E-state index is 0.448. The van der Waals surface area contributed by atoms with Crippen molar-refractivity contribution in [2.24, 2.45) is 0 Å². The molecular weight excluding hydrogens is 222 g/mol. The van der Waals surface area contributed by atoms with E-state index in [0.717, 1.165) is 22.9 Å². The maximum Gasteiger partial charge on any atom is 0.130 e. The molecule has 0 spiro atoms. The van der Waals surface area contributed by atoms with E-state index < -0.39 is 0 Å². The van der Waals surface area contributed by atoms with Gasteiger partial charge in [-0.15, -0.1) is 0 Å². The lowest BCUT2D eigenvalue weighted by Crippen LogP contribution is -2.19. The van der Waals surface area contributed by atoms with E-state index in [1.807, 2.05) is 24.5 Å². The van der Waals surface area contributed by atoms with E-state index in [1.54, 1.807) is 0 Å². The Kier molecular flexibility index (Phi) is 2.37. The molecule has 1 aliphatic heterocycles. The third-order valence-electron chi connectivity index (χ3n) is 3.34. The number of halogens is 1. The number of aromatic nitrogens is 2. The molecule has 1 saturated heterocycles. The molecule has 3 heterocycles. The summed E-state index contributed by atoms with van der Waals surface area (Å²) in [6, 6.07) is 4.31. The normalized spacial score (nSPS) is 22.0. The highest BCUT2D eigenvalue weighted by atomic mass is 35.5. The van der Waals surface area contributed by atoms with Gasteiger partial charge in [0.1, 0.15) is 5.82 Å². The first-order valence-corrected chi connectivity index (χ1v) is 5.96. The lowest BCUT2D eigenvalue weighted by molar-refractivity contribution is 0.305. The standard InChI is InChI=1S/C12H14ClN3/c1-15-5-2-3-11(15)12-14-8-10-7-9(13)4-6-16(10)12/h4,6-8,11H,2-3,5H2,1H3. The Bertz CT molecular complexity index is 520. The summed E-state index contributed by atoms with van der Waals surface area (Å²) in [6.45, 7) is 1.16. The van der Waals surface area contributed by atoms with E-state index >= 15 is 0 Å². The van der Waals surface area contributed by atoms with Crippen molar-refractivity contribution in [3.63, 3.8) is 0 Å². The van der Waals surface area contributed by atoms with Crippen molar-refractivity contribution < 1.29 is 0 Å². The number of imidazole rings is 1. The van der Waals surface area contributed by atoms with Crippen LogP contribution >= 0.6 is 11.6 Å². The zero-order valence-corrected chi connectivity index (χ0v) is 9.98.